The molecule has 6 heteroatoms. The van der Waals surface area contributed by atoms with E-state index in [-0.39, 0.29) is 11.7 Å². The number of nitrogen functional groups attached to an aromatic ring is 1. The molecule has 0 unspecified atom stereocenters. The van der Waals surface area contributed by atoms with Crippen molar-refractivity contribution in [1.29, 1.82) is 0 Å². The summed E-state index contributed by atoms with van der Waals surface area (Å²) >= 11 is 0. The fourth-order valence-electron chi connectivity index (χ4n) is 1.46. The van der Waals surface area contributed by atoms with Crippen molar-refractivity contribution in [2.24, 2.45) is 0 Å². The smallest absolute Gasteiger partial charge is 0.290 e. The van der Waals surface area contributed by atoms with Crippen LogP contribution in [0.2, 0.25) is 0 Å². The van der Waals surface area contributed by atoms with E-state index in [4.69, 9.17) is 15.0 Å². The van der Waals surface area contributed by atoms with Gasteiger partial charge in [0.05, 0.1) is 12.2 Å². The highest BCUT2D eigenvalue weighted by Crippen LogP contribution is 2.12. The van der Waals surface area contributed by atoms with Crippen LogP contribution >= 0.6 is 0 Å². The highest BCUT2D eigenvalue weighted by atomic mass is 16.5. The molecule has 0 radical (unpaired) electrons. The van der Waals surface area contributed by atoms with Crippen LogP contribution in [-0.4, -0.2) is 24.2 Å². The van der Waals surface area contributed by atoms with Gasteiger partial charge in [0.15, 0.2) is 0 Å². The highest BCUT2D eigenvalue weighted by molar-refractivity contribution is 5.91. The lowest BCUT2D eigenvalue weighted by molar-refractivity contribution is 0.0910. The Morgan fingerprint density at radius 1 is 1.42 bits per heavy atom. The number of nitrogens with two attached hydrogens (primary N) is 1. The number of anilines is 1. The molecule has 19 heavy (non-hydrogen) atoms. The van der Waals surface area contributed by atoms with Crippen LogP contribution in [0.4, 0.5) is 5.69 Å². The maximum absolute atomic E-state index is 11.6. The quantitative estimate of drug-likeness (QED) is 0.626. The summed E-state index contributed by atoms with van der Waals surface area (Å²) in [6.45, 7) is 2.50. The summed E-state index contributed by atoms with van der Waals surface area (Å²) in [7, 11) is 0. The lowest BCUT2D eigenvalue weighted by Gasteiger charge is -2.06. The number of carbonyl (C=O) groups excluding carboxylic acids is 1. The number of nitrogens with one attached hydrogen (secondary N) is 1. The van der Waals surface area contributed by atoms with E-state index in [1.165, 1.54) is 0 Å². The molecule has 0 aliphatic carbocycles. The van der Waals surface area contributed by atoms with Gasteiger partial charge in [-0.1, -0.05) is 5.16 Å². The first-order chi connectivity index (χ1) is 9.15. The molecule has 6 nitrogen and oxygen atoms in total. The van der Waals surface area contributed by atoms with E-state index in [0.29, 0.717) is 30.3 Å². The topological polar surface area (TPSA) is 90.4 Å². The Labute approximate surface area is 110 Å². The van der Waals surface area contributed by atoms with Gasteiger partial charge in [0.1, 0.15) is 12.4 Å². The summed E-state index contributed by atoms with van der Waals surface area (Å²) in [6, 6.07) is 8.64. The molecule has 0 saturated carbocycles. The largest absolute Gasteiger partial charge is 0.492 e. The van der Waals surface area contributed by atoms with Crippen LogP contribution in [0.15, 0.2) is 34.9 Å². The van der Waals surface area contributed by atoms with Gasteiger partial charge >= 0.3 is 0 Å². The van der Waals surface area contributed by atoms with Gasteiger partial charge in [-0.3, -0.25) is 4.79 Å². The molecule has 1 aromatic carbocycles. The minimum atomic E-state index is -0.304. The molecule has 0 saturated heterocycles. The first-order valence-electron chi connectivity index (χ1n) is 5.85. The Hall–Kier alpha value is -2.50. The molecule has 2 aromatic rings. The normalized spacial score (nSPS) is 10.2. The Kier molecular flexibility index (Phi) is 4.02. The highest BCUT2D eigenvalue weighted by Gasteiger charge is 2.10. The van der Waals surface area contributed by atoms with E-state index in [9.17, 15) is 4.79 Å². The molecule has 0 spiro atoms. The molecule has 1 aromatic heterocycles. The fourth-order valence-corrected chi connectivity index (χ4v) is 1.46. The van der Waals surface area contributed by atoms with E-state index in [1.54, 1.807) is 37.3 Å². The predicted molar refractivity (Wildman–Crippen MR) is 69.9 cm³/mol. The number of amides is 1. The zero-order valence-corrected chi connectivity index (χ0v) is 10.6. The van der Waals surface area contributed by atoms with Gasteiger partial charge in [-0.15, -0.1) is 0 Å². The molecule has 0 atom stereocenters. The second-order valence-electron chi connectivity index (χ2n) is 4.01. The third kappa shape index (κ3) is 3.74. The number of benzene rings is 1. The van der Waals surface area contributed by atoms with Gasteiger partial charge < -0.3 is 20.3 Å². The molecular formula is C13H15N3O3. The summed E-state index contributed by atoms with van der Waals surface area (Å²) in [6.07, 6.45) is 0. The van der Waals surface area contributed by atoms with Gasteiger partial charge in [0, 0.05) is 11.8 Å². The summed E-state index contributed by atoms with van der Waals surface area (Å²) in [5.74, 6) is 0.602. The van der Waals surface area contributed by atoms with Gasteiger partial charge in [-0.05, 0) is 31.2 Å². The molecule has 3 N–H and O–H groups in total. The molecule has 2 rings (SSSR count). The van der Waals surface area contributed by atoms with Crippen molar-refractivity contribution >= 4 is 11.6 Å². The van der Waals surface area contributed by atoms with Crippen LogP contribution in [0.3, 0.4) is 0 Å². The van der Waals surface area contributed by atoms with E-state index < -0.39 is 0 Å². The second kappa shape index (κ2) is 5.90. The van der Waals surface area contributed by atoms with Gasteiger partial charge in [0.25, 0.3) is 5.91 Å². The van der Waals surface area contributed by atoms with E-state index in [2.05, 4.69) is 10.5 Å². The average Bonchev–Trinajstić information content (AvgIpc) is 2.83. The number of nitrogens with zero attached hydrogens (tertiary/aromatic N) is 1. The van der Waals surface area contributed by atoms with Gasteiger partial charge in [-0.25, -0.2) is 0 Å². The number of carbonyl (C=O) groups is 1. The molecule has 0 fully saturated rings. The number of hydrogen-bond donors (Lipinski definition) is 2. The average molecular weight is 261 g/mol. The third-order valence-electron chi connectivity index (χ3n) is 2.39. The van der Waals surface area contributed by atoms with E-state index in [1.807, 2.05) is 0 Å². The monoisotopic (exact) mass is 261 g/mol. The van der Waals surface area contributed by atoms with Crippen molar-refractivity contribution in [1.82, 2.24) is 10.5 Å². The van der Waals surface area contributed by atoms with Crippen LogP contribution in [0.5, 0.6) is 5.75 Å². The number of aromatic nitrogens is 1. The van der Waals surface area contributed by atoms with Gasteiger partial charge in [-0.2, -0.15) is 0 Å². The molecule has 100 valence electrons. The van der Waals surface area contributed by atoms with Crippen LogP contribution in [0.25, 0.3) is 0 Å². The van der Waals surface area contributed by atoms with E-state index in [0.717, 1.165) is 0 Å². The summed E-state index contributed by atoms with van der Waals surface area (Å²) in [5.41, 5.74) is 6.91. The molecule has 0 aliphatic heterocycles. The molecule has 1 heterocycles. The van der Waals surface area contributed by atoms with Crippen molar-refractivity contribution in [2.45, 2.75) is 6.92 Å². The number of rotatable bonds is 5. The van der Waals surface area contributed by atoms with Crippen molar-refractivity contribution in [2.75, 3.05) is 18.9 Å². The minimum absolute atomic E-state index is 0.199. The summed E-state index contributed by atoms with van der Waals surface area (Å²) in [4.78, 5) is 11.6. The fraction of sp³-hybridized carbons (Fsp3) is 0.231. The molecule has 0 bridgehead atoms. The summed E-state index contributed by atoms with van der Waals surface area (Å²) in [5, 5.41) is 6.31. The first kappa shape index (κ1) is 12.9. The zero-order valence-electron chi connectivity index (χ0n) is 10.6. The Balaban J connectivity index is 1.72. The lowest BCUT2D eigenvalue weighted by atomic mass is 10.3. The molecule has 0 aliphatic rings. The maximum Gasteiger partial charge on any atom is 0.290 e. The summed E-state index contributed by atoms with van der Waals surface area (Å²) < 4.78 is 10.3. The second-order valence-corrected chi connectivity index (χ2v) is 4.01. The number of hydrogen-bond acceptors (Lipinski definition) is 5. The zero-order chi connectivity index (χ0) is 13.7. The van der Waals surface area contributed by atoms with E-state index >= 15 is 0 Å². The lowest BCUT2D eigenvalue weighted by Crippen LogP contribution is -2.27. The Morgan fingerprint density at radius 2 is 2.16 bits per heavy atom. The number of ether oxygens (including phenoxy) is 1. The van der Waals surface area contributed by atoms with Crippen molar-refractivity contribution < 1.29 is 14.1 Å². The van der Waals surface area contributed by atoms with Crippen molar-refractivity contribution in [3.63, 3.8) is 0 Å². The minimum Gasteiger partial charge on any atom is -0.492 e. The Morgan fingerprint density at radius 3 is 2.79 bits per heavy atom. The van der Waals surface area contributed by atoms with Crippen LogP contribution in [0.1, 0.15) is 16.2 Å². The van der Waals surface area contributed by atoms with Crippen molar-refractivity contribution in [3.05, 3.63) is 41.8 Å². The van der Waals surface area contributed by atoms with Crippen LogP contribution in [-0.2, 0) is 0 Å². The Bertz CT molecular complexity index is 549. The third-order valence-corrected chi connectivity index (χ3v) is 2.39. The first-order valence-corrected chi connectivity index (χ1v) is 5.85. The SMILES string of the molecule is Cc1cc(C(=O)NCCOc2ccc(N)cc2)on1. The predicted octanol–water partition coefficient (Wildman–Crippen LogP) is 1.37. The molecular weight excluding hydrogens is 246 g/mol. The molecule has 1 amide bonds. The van der Waals surface area contributed by atoms with Gasteiger partial charge in [0.2, 0.25) is 5.76 Å². The number of aryl methyl sites for hydroxylation is 1. The van der Waals surface area contributed by atoms with Crippen molar-refractivity contribution in [3.8, 4) is 5.75 Å². The maximum atomic E-state index is 11.6. The van der Waals surface area contributed by atoms with Crippen LogP contribution < -0.4 is 15.8 Å². The van der Waals surface area contributed by atoms with Crippen LogP contribution in [0, 0.1) is 6.92 Å². The standard InChI is InChI=1S/C13H15N3O3/c1-9-8-12(19-16-9)13(17)15-6-7-18-11-4-2-10(14)3-5-11/h2-5,8H,6-7,14H2,1H3,(H,15,17).